The number of nitrogens with one attached hydrogen (secondary N) is 2. The fourth-order valence-corrected chi connectivity index (χ4v) is 2.28. The zero-order chi connectivity index (χ0) is 15.4. The number of pyridine rings is 1. The Kier molecular flexibility index (Phi) is 4.36. The molecule has 4 N–H and O–H groups in total. The fourth-order valence-electron chi connectivity index (χ4n) is 2.28. The van der Waals surface area contributed by atoms with Gasteiger partial charge in [0.05, 0.1) is 18.8 Å². The molecular formula is C15H20N6O. The van der Waals surface area contributed by atoms with Crippen LogP contribution in [0.1, 0.15) is 11.4 Å². The molecule has 7 nitrogen and oxygen atoms in total. The molecule has 3 rings (SSSR count). The molecule has 1 aliphatic rings. The van der Waals surface area contributed by atoms with Gasteiger partial charge >= 0.3 is 0 Å². The number of aromatic amines is 1. The topological polar surface area (TPSA) is 92.1 Å². The molecule has 0 saturated carbocycles. The number of aryl methyl sites for hydroxylation is 1. The summed E-state index contributed by atoms with van der Waals surface area (Å²) >= 11 is 0. The van der Waals surface area contributed by atoms with Gasteiger partial charge in [-0.05, 0) is 18.6 Å². The summed E-state index contributed by atoms with van der Waals surface area (Å²) in [5.74, 6) is 1.63. The van der Waals surface area contributed by atoms with Gasteiger partial charge < -0.3 is 20.5 Å². The molecule has 0 spiro atoms. The Morgan fingerprint density at radius 3 is 3.14 bits per heavy atom. The van der Waals surface area contributed by atoms with E-state index >= 15 is 0 Å². The number of hydrogen-bond donors (Lipinski definition) is 3. The van der Waals surface area contributed by atoms with Crippen molar-refractivity contribution in [1.29, 1.82) is 0 Å². The van der Waals surface area contributed by atoms with Crippen LogP contribution < -0.4 is 15.9 Å². The van der Waals surface area contributed by atoms with E-state index in [-0.39, 0.29) is 6.04 Å². The predicted molar refractivity (Wildman–Crippen MR) is 83.7 cm³/mol. The summed E-state index contributed by atoms with van der Waals surface area (Å²) in [7, 11) is 0. The Labute approximate surface area is 129 Å². The number of rotatable bonds is 6. The quantitative estimate of drug-likeness (QED) is 0.726. The summed E-state index contributed by atoms with van der Waals surface area (Å²) < 4.78 is 5.68. The molecule has 0 amide bonds. The maximum absolute atomic E-state index is 6.12. The molecule has 1 unspecified atom stereocenters. The summed E-state index contributed by atoms with van der Waals surface area (Å²) in [6, 6.07) is 1.84. The highest BCUT2D eigenvalue weighted by molar-refractivity contribution is 5.62. The van der Waals surface area contributed by atoms with Crippen molar-refractivity contribution in [2.24, 2.45) is 5.73 Å². The van der Waals surface area contributed by atoms with Crippen molar-refractivity contribution < 1.29 is 4.74 Å². The zero-order valence-electron chi connectivity index (χ0n) is 12.5. The minimum absolute atomic E-state index is 0.111. The summed E-state index contributed by atoms with van der Waals surface area (Å²) in [6.07, 6.45) is 9.07. The van der Waals surface area contributed by atoms with E-state index in [2.05, 4.69) is 20.4 Å². The highest BCUT2D eigenvalue weighted by Gasteiger charge is 2.17. The van der Waals surface area contributed by atoms with Crippen LogP contribution in [0.3, 0.4) is 0 Å². The predicted octanol–water partition coefficient (Wildman–Crippen LogP) is 0.681. The van der Waals surface area contributed by atoms with Crippen LogP contribution in [0.2, 0.25) is 0 Å². The third-order valence-corrected chi connectivity index (χ3v) is 3.33. The van der Waals surface area contributed by atoms with Crippen molar-refractivity contribution in [2.75, 3.05) is 19.7 Å². The molecule has 1 atom stereocenters. The number of ether oxygens (including phenoxy) is 1. The molecule has 2 aromatic heterocycles. The number of nitrogens with two attached hydrogens (primary N) is 1. The normalized spacial score (nSPS) is 15.7. The van der Waals surface area contributed by atoms with Crippen LogP contribution in [0.4, 0.5) is 0 Å². The van der Waals surface area contributed by atoms with Gasteiger partial charge in [0.2, 0.25) is 0 Å². The molecular weight excluding hydrogens is 280 g/mol. The van der Waals surface area contributed by atoms with Gasteiger partial charge in [-0.25, -0.2) is 10.4 Å². The molecule has 3 heterocycles. The molecule has 0 saturated heterocycles. The van der Waals surface area contributed by atoms with Crippen molar-refractivity contribution in [3.05, 3.63) is 48.4 Å². The van der Waals surface area contributed by atoms with Crippen LogP contribution in [0.5, 0.6) is 5.75 Å². The van der Waals surface area contributed by atoms with Crippen LogP contribution in [0.15, 0.2) is 37.1 Å². The molecule has 116 valence electrons. The van der Waals surface area contributed by atoms with Crippen LogP contribution in [-0.2, 0) is 0 Å². The fraction of sp³-hybridized carbons (Fsp3) is 0.333. The number of H-pyrrole nitrogens is 1. The Morgan fingerprint density at radius 2 is 2.36 bits per heavy atom. The van der Waals surface area contributed by atoms with E-state index in [1.54, 1.807) is 18.6 Å². The van der Waals surface area contributed by atoms with Crippen LogP contribution in [-0.4, -0.2) is 45.7 Å². The average molecular weight is 300 g/mol. The molecule has 2 aromatic rings. The van der Waals surface area contributed by atoms with E-state index in [1.165, 1.54) is 0 Å². The lowest BCUT2D eigenvalue weighted by molar-refractivity contribution is 0.226. The molecule has 0 bridgehead atoms. The Hall–Kier alpha value is -2.38. The van der Waals surface area contributed by atoms with E-state index in [0.717, 1.165) is 29.3 Å². The lowest BCUT2D eigenvalue weighted by atomic mass is 10.3. The summed E-state index contributed by atoms with van der Waals surface area (Å²) in [5.41, 5.74) is 11.6. The van der Waals surface area contributed by atoms with E-state index in [4.69, 9.17) is 10.5 Å². The maximum Gasteiger partial charge on any atom is 0.137 e. The minimum atomic E-state index is -0.111. The van der Waals surface area contributed by atoms with Crippen molar-refractivity contribution in [2.45, 2.75) is 13.0 Å². The second-order valence-electron chi connectivity index (χ2n) is 5.35. The Morgan fingerprint density at radius 1 is 1.45 bits per heavy atom. The third kappa shape index (κ3) is 3.63. The highest BCUT2D eigenvalue weighted by atomic mass is 16.5. The van der Waals surface area contributed by atoms with E-state index in [1.807, 2.05) is 30.4 Å². The van der Waals surface area contributed by atoms with Gasteiger partial charge in [-0.2, -0.15) is 0 Å². The number of hydrazine groups is 1. The van der Waals surface area contributed by atoms with E-state index in [9.17, 15) is 0 Å². The van der Waals surface area contributed by atoms with Crippen LogP contribution in [0.25, 0.3) is 5.57 Å². The first-order chi connectivity index (χ1) is 10.7. The smallest absolute Gasteiger partial charge is 0.137 e. The lowest BCUT2D eigenvalue weighted by Crippen LogP contribution is -2.42. The number of imidazole rings is 1. The van der Waals surface area contributed by atoms with Crippen molar-refractivity contribution >= 4 is 5.57 Å². The van der Waals surface area contributed by atoms with Crippen molar-refractivity contribution in [1.82, 2.24) is 25.4 Å². The first kappa shape index (κ1) is 14.6. The van der Waals surface area contributed by atoms with Gasteiger partial charge in [0.15, 0.2) is 0 Å². The van der Waals surface area contributed by atoms with Gasteiger partial charge in [0, 0.05) is 36.9 Å². The van der Waals surface area contributed by atoms with Crippen molar-refractivity contribution in [3.63, 3.8) is 0 Å². The first-order valence-corrected chi connectivity index (χ1v) is 7.21. The van der Waals surface area contributed by atoms with Gasteiger partial charge in [-0.1, -0.05) is 0 Å². The summed E-state index contributed by atoms with van der Waals surface area (Å²) in [6.45, 7) is 3.81. The van der Waals surface area contributed by atoms with E-state index < -0.39 is 0 Å². The summed E-state index contributed by atoms with van der Waals surface area (Å²) in [4.78, 5) is 11.4. The summed E-state index contributed by atoms with van der Waals surface area (Å²) in [5, 5.41) is 1.97. The second kappa shape index (κ2) is 6.59. The SMILES string of the molecule is Cc1cncc(OCC(N)CN2C=C(c3ncc[nH]3)CN2)c1. The Balaban J connectivity index is 1.49. The molecule has 7 heteroatoms. The van der Waals surface area contributed by atoms with Crippen LogP contribution in [0, 0.1) is 6.92 Å². The largest absolute Gasteiger partial charge is 0.490 e. The molecule has 0 aromatic carbocycles. The average Bonchev–Trinajstić information content (AvgIpc) is 3.16. The lowest BCUT2D eigenvalue weighted by Gasteiger charge is -2.20. The zero-order valence-corrected chi connectivity index (χ0v) is 12.5. The first-order valence-electron chi connectivity index (χ1n) is 7.21. The highest BCUT2D eigenvalue weighted by Crippen LogP contribution is 2.14. The van der Waals surface area contributed by atoms with Crippen molar-refractivity contribution in [3.8, 4) is 5.75 Å². The van der Waals surface area contributed by atoms with E-state index in [0.29, 0.717) is 13.2 Å². The van der Waals surface area contributed by atoms with Crippen LogP contribution >= 0.6 is 0 Å². The second-order valence-corrected chi connectivity index (χ2v) is 5.35. The van der Waals surface area contributed by atoms with Gasteiger partial charge in [-0.3, -0.25) is 4.98 Å². The standard InChI is InChI=1S/C15H20N6O/c1-11-4-14(7-17-5-11)22-10-13(16)9-21-8-12(6-20-21)15-18-2-3-19-15/h2-5,7-8,13,20H,6,9-10,16H2,1H3,(H,18,19). The third-order valence-electron chi connectivity index (χ3n) is 3.33. The van der Waals surface area contributed by atoms with Gasteiger partial charge in [-0.15, -0.1) is 0 Å². The maximum atomic E-state index is 6.12. The van der Waals surface area contributed by atoms with Gasteiger partial charge in [0.1, 0.15) is 18.2 Å². The number of nitrogens with zero attached hydrogens (tertiary/aromatic N) is 3. The molecule has 0 radical (unpaired) electrons. The monoisotopic (exact) mass is 300 g/mol. The molecule has 0 fully saturated rings. The molecule has 0 aliphatic carbocycles. The van der Waals surface area contributed by atoms with Gasteiger partial charge in [0.25, 0.3) is 0 Å². The molecule has 1 aliphatic heterocycles. The molecule has 22 heavy (non-hydrogen) atoms. The number of aromatic nitrogens is 3. The number of hydrogen-bond acceptors (Lipinski definition) is 6. The minimum Gasteiger partial charge on any atom is -0.490 e. The Bertz CT molecular complexity index is 639.